The zero-order valence-electron chi connectivity index (χ0n) is 21.3. The number of anilines is 1. The van der Waals surface area contributed by atoms with Gasteiger partial charge in [0.1, 0.15) is 12.4 Å². The van der Waals surface area contributed by atoms with Crippen molar-refractivity contribution in [2.75, 3.05) is 18.5 Å². The topological polar surface area (TPSA) is 82.1 Å². The van der Waals surface area contributed by atoms with Crippen LogP contribution >= 0.6 is 11.6 Å². The van der Waals surface area contributed by atoms with Crippen LogP contribution in [-0.4, -0.2) is 28.5 Å². The Balaban J connectivity index is 1.61. The third kappa shape index (κ3) is 6.79. The molecule has 0 spiro atoms. The van der Waals surface area contributed by atoms with Crippen LogP contribution in [-0.2, 0) is 21.4 Å². The van der Waals surface area contributed by atoms with Crippen molar-refractivity contribution < 1.29 is 27.4 Å². The first kappa shape index (κ1) is 27.8. The highest BCUT2D eigenvalue weighted by atomic mass is 35.5. The van der Waals surface area contributed by atoms with Crippen LogP contribution in [0.15, 0.2) is 108 Å². The summed E-state index contributed by atoms with van der Waals surface area (Å²) in [6, 6.07) is 26.7. The molecule has 0 aliphatic heterocycles. The van der Waals surface area contributed by atoms with Crippen molar-refractivity contribution in [3.8, 4) is 17.2 Å². The number of amides is 1. The largest absolute Gasteiger partial charge is 0.497 e. The first-order valence-corrected chi connectivity index (χ1v) is 13.7. The molecule has 0 N–H and O–H groups in total. The third-order valence-electron chi connectivity index (χ3n) is 5.70. The number of nitrogens with zero attached hydrogens (tertiary/aromatic N) is 1. The molecule has 200 valence electrons. The van der Waals surface area contributed by atoms with Crippen molar-refractivity contribution in [1.29, 1.82) is 0 Å². The molecule has 0 unspecified atom stereocenters. The lowest BCUT2D eigenvalue weighted by Gasteiger charge is -2.21. The highest BCUT2D eigenvalue weighted by molar-refractivity contribution is 7.93. The van der Waals surface area contributed by atoms with Gasteiger partial charge in [0, 0.05) is 11.1 Å². The Hall–Kier alpha value is -4.27. The van der Waals surface area contributed by atoms with Crippen LogP contribution in [0.25, 0.3) is 6.08 Å². The van der Waals surface area contributed by atoms with E-state index in [1.54, 1.807) is 30.3 Å². The molecule has 0 heterocycles. The van der Waals surface area contributed by atoms with Crippen LogP contribution in [0.2, 0.25) is 5.02 Å². The van der Waals surface area contributed by atoms with Gasteiger partial charge < -0.3 is 14.2 Å². The summed E-state index contributed by atoms with van der Waals surface area (Å²) in [4.78, 5) is 13.3. The molecule has 39 heavy (non-hydrogen) atoms. The Morgan fingerprint density at radius 3 is 2.18 bits per heavy atom. The van der Waals surface area contributed by atoms with Crippen LogP contribution in [0.4, 0.5) is 5.69 Å². The van der Waals surface area contributed by atoms with E-state index in [1.807, 2.05) is 30.3 Å². The van der Waals surface area contributed by atoms with E-state index in [0.29, 0.717) is 34.4 Å². The van der Waals surface area contributed by atoms with E-state index in [-0.39, 0.29) is 10.6 Å². The van der Waals surface area contributed by atoms with E-state index in [1.165, 1.54) is 62.8 Å². The highest BCUT2D eigenvalue weighted by Crippen LogP contribution is 2.30. The number of sulfonamides is 1. The molecule has 0 fully saturated rings. The molecule has 4 aromatic rings. The van der Waals surface area contributed by atoms with Gasteiger partial charge in [0.05, 0.1) is 24.8 Å². The molecule has 4 rings (SSSR count). The molecule has 0 atom stereocenters. The Morgan fingerprint density at radius 2 is 1.54 bits per heavy atom. The monoisotopic (exact) mass is 563 g/mol. The molecule has 0 aromatic heterocycles. The minimum absolute atomic E-state index is 0.0777. The SMILES string of the molecule is COc1ccc(N(C(=O)/C=C/c2ccc(OCc3ccccc3)c(OC)c2)S(=O)(=O)c2ccc(Cl)cc2)cc1. The number of rotatable bonds is 10. The molecule has 0 saturated carbocycles. The van der Waals surface area contributed by atoms with E-state index in [2.05, 4.69) is 0 Å². The lowest BCUT2D eigenvalue weighted by molar-refractivity contribution is -0.113. The van der Waals surface area contributed by atoms with Gasteiger partial charge in [-0.1, -0.05) is 48.0 Å². The smallest absolute Gasteiger partial charge is 0.271 e. The number of ether oxygens (including phenoxy) is 3. The van der Waals surface area contributed by atoms with Crippen LogP contribution in [0.1, 0.15) is 11.1 Å². The van der Waals surface area contributed by atoms with Crippen molar-refractivity contribution in [2.45, 2.75) is 11.5 Å². The first-order chi connectivity index (χ1) is 18.8. The number of halogens is 1. The van der Waals surface area contributed by atoms with Gasteiger partial charge in [0.15, 0.2) is 11.5 Å². The van der Waals surface area contributed by atoms with Crippen molar-refractivity contribution in [3.63, 3.8) is 0 Å². The molecule has 1 amide bonds. The van der Waals surface area contributed by atoms with Crippen LogP contribution in [0.5, 0.6) is 17.2 Å². The maximum absolute atomic E-state index is 13.5. The number of carbonyl (C=O) groups excluding carboxylic acids is 1. The predicted octanol–water partition coefficient (Wildman–Crippen LogP) is 6.37. The molecule has 4 aromatic carbocycles. The lowest BCUT2D eigenvalue weighted by Crippen LogP contribution is -2.35. The molecular weight excluding hydrogens is 538 g/mol. The zero-order valence-corrected chi connectivity index (χ0v) is 22.9. The quantitative estimate of drug-likeness (QED) is 0.208. The minimum atomic E-state index is -4.26. The Bertz CT molecular complexity index is 1550. The summed E-state index contributed by atoms with van der Waals surface area (Å²) >= 11 is 5.94. The van der Waals surface area contributed by atoms with Gasteiger partial charge in [-0.3, -0.25) is 4.79 Å². The van der Waals surface area contributed by atoms with E-state index in [4.69, 9.17) is 25.8 Å². The van der Waals surface area contributed by atoms with E-state index in [9.17, 15) is 13.2 Å². The second kappa shape index (κ2) is 12.5. The second-order valence-electron chi connectivity index (χ2n) is 8.28. The van der Waals surface area contributed by atoms with Gasteiger partial charge in [0.25, 0.3) is 15.9 Å². The van der Waals surface area contributed by atoms with Crippen LogP contribution < -0.4 is 18.5 Å². The van der Waals surface area contributed by atoms with Gasteiger partial charge in [-0.05, 0) is 77.9 Å². The first-order valence-electron chi connectivity index (χ1n) is 11.8. The summed E-state index contributed by atoms with van der Waals surface area (Å²) in [7, 11) is -1.24. The number of carbonyl (C=O) groups is 1. The molecule has 0 saturated heterocycles. The summed E-state index contributed by atoms with van der Waals surface area (Å²) in [6.07, 6.45) is 2.71. The van der Waals surface area contributed by atoms with Gasteiger partial charge >= 0.3 is 0 Å². The van der Waals surface area contributed by atoms with Gasteiger partial charge in [-0.25, -0.2) is 8.42 Å². The second-order valence-corrected chi connectivity index (χ2v) is 10.5. The van der Waals surface area contributed by atoms with Crippen LogP contribution in [0, 0.1) is 0 Å². The predicted molar refractivity (Wildman–Crippen MR) is 152 cm³/mol. The van der Waals surface area contributed by atoms with Crippen molar-refractivity contribution in [1.82, 2.24) is 0 Å². The summed E-state index contributed by atoms with van der Waals surface area (Å²) in [5, 5.41) is 0.376. The summed E-state index contributed by atoms with van der Waals surface area (Å²) < 4.78 is 44.4. The maximum atomic E-state index is 13.5. The molecule has 9 heteroatoms. The van der Waals surface area contributed by atoms with E-state index < -0.39 is 15.9 Å². The number of hydrogen-bond donors (Lipinski definition) is 0. The van der Waals surface area contributed by atoms with Gasteiger partial charge in [-0.2, -0.15) is 4.31 Å². The summed E-state index contributed by atoms with van der Waals surface area (Å²) in [5.74, 6) is 0.766. The van der Waals surface area contributed by atoms with Gasteiger partial charge in [0.2, 0.25) is 0 Å². The minimum Gasteiger partial charge on any atom is -0.497 e. The number of methoxy groups -OCH3 is 2. The molecule has 7 nitrogen and oxygen atoms in total. The Morgan fingerprint density at radius 1 is 0.846 bits per heavy atom. The third-order valence-corrected chi connectivity index (χ3v) is 7.69. The van der Waals surface area contributed by atoms with E-state index >= 15 is 0 Å². The Kier molecular flexibility index (Phi) is 8.91. The molecule has 0 aliphatic rings. The fourth-order valence-corrected chi connectivity index (χ4v) is 5.21. The summed E-state index contributed by atoms with van der Waals surface area (Å²) in [5.41, 5.74) is 1.78. The molecular formula is C30H26ClNO6S. The molecule has 0 aliphatic carbocycles. The number of hydrogen-bond acceptors (Lipinski definition) is 6. The average Bonchev–Trinajstić information content (AvgIpc) is 2.96. The van der Waals surface area contributed by atoms with Crippen molar-refractivity contribution in [2.24, 2.45) is 0 Å². The number of benzene rings is 4. The highest BCUT2D eigenvalue weighted by Gasteiger charge is 2.30. The molecule has 0 radical (unpaired) electrons. The maximum Gasteiger partial charge on any atom is 0.271 e. The fraction of sp³-hybridized carbons (Fsp3) is 0.100. The Labute approximate surface area is 232 Å². The summed E-state index contributed by atoms with van der Waals surface area (Å²) in [6.45, 7) is 0.365. The van der Waals surface area contributed by atoms with Gasteiger partial charge in [-0.15, -0.1) is 0 Å². The fourth-order valence-electron chi connectivity index (χ4n) is 3.69. The normalized spacial score (nSPS) is 11.3. The zero-order chi connectivity index (χ0) is 27.8. The van der Waals surface area contributed by atoms with Crippen LogP contribution in [0.3, 0.4) is 0 Å². The average molecular weight is 564 g/mol. The lowest BCUT2D eigenvalue weighted by atomic mass is 10.2. The van der Waals surface area contributed by atoms with Crippen molar-refractivity contribution in [3.05, 3.63) is 119 Å². The standard InChI is InChI=1S/C30H26ClNO6S/c1-36-26-14-12-25(13-15-26)32(39(34,35)27-16-10-24(31)11-17-27)30(33)19-9-22-8-18-28(29(20-22)37-2)38-21-23-6-4-3-5-7-23/h3-20H,21H2,1-2H3/b19-9+. The van der Waals surface area contributed by atoms with E-state index in [0.717, 1.165) is 9.87 Å². The molecule has 0 bridgehead atoms. The van der Waals surface area contributed by atoms with Crippen molar-refractivity contribution >= 4 is 39.3 Å².